The molecular weight excluding hydrogens is 306 g/mol. The Bertz CT molecular complexity index is 423. The second-order valence-electron chi connectivity index (χ2n) is 7.89. The molecule has 2 aliphatic carbocycles. The molecule has 0 aliphatic heterocycles. The van der Waals surface area contributed by atoms with Gasteiger partial charge in [-0.25, -0.2) is 0 Å². The Morgan fingerprint density at radius 2 is 1.79 bits per heavy atom. The fourth-order valence-electron chi connectivity index (χ4n) is 4.54. The maximum absolute atomic E-state index is 13.0. The molecule has 0 saturated heterocycles. The van der Waals surface area contributed by atoms with Crippen LogP contribution >= 0.6 is 0 Å². The Morgan fingerprint density at radius 1 is 1.17 bits per heavy atom. The van der Waals surface area contributed by atoms with Crippen molar-refractivity contribution < 1.29 is 19.8 Å². The van der Waals surface area contributed by atoms with Crippen LogP contribution in [0.3, 0.4) is 0 Å². The number of carboxylic acids is 1. The Kier molecular flexibility index (Phi) is 7.08. The fourth-order valence-corrected chi connectivity index (χ4v) is 4.54. The van der Waals surface area contributed by atoms with Crippen molar-refractivity contribution in [2.24, 2.45) is 17.3 Å². The highest BCUT2D eigenvalue weighted by molar-refractivity contribution is 5.84. The largest absolute Gasteiger partial charge is 0.481 e. The molecule has 2 rings (SSSR count). The van der Waals surface area contributed by atoms with Gasteiger partial charge in [-0.1, -0.05) is 26.2 Å². The van der Waals surface area contributed by atoms with Gasteiger partial charge in [-0.2, -0.15) is 0 Å². The number of carbonyl (C=O) groups is 2. The summed E-state index contributed by atoms with van der Waals surface area (Å²) in [4.78, 5) is 24.5. The number of nitrogens with one attached hydrogen (secondary N) is 1. The van der Waals surface area contributed by atoms with E-state index in [1.807, 2.05) is 6.92 Å². The lowest BCUT2D eigenvalue weighted by Gasteiger charge is -2.34. The van der Waals surface area contributed by atoms with E-state index >= 15 is 0 Å². The topological polar surface area (TPSA) is 86.6 Å². The van der Waals surface area contributed by atoms with Crippen LogP contribution in [0.4, 0.5) is 0 Å². The van der Waals surface area contributed by atoms with Crippen LogP contribution in [-0.4, -0.2) is 34.7 Å². The first kappa shape index (κ1) is 19.2. The Labute approximate surface area is 145 Å². The van der Waals surface area contributed by atoms with Gasteiger partial charge in [0.25, 0.3) is 0 Å². The zero-order valence-electron chi connectivity index (χ0n) is 14.9. The summed E-state index contributed by atoms with van der Waals surface area (Å²) < 4.78 is 0. The third-order valence-corrected chi connectivity index (χ3v) is 6.11. The third-order valence-electron chi connectivity index (χ3n) is 6.11. The molecular formula is C19H33NO4. The van der Waals surface area contributed by atoms with Gasteiger partial charge in [0.1, 0.15) is 0 Å². The van der Waals surface area contributed by atoms with Crippen LogP contribution < -0.4 is 5.32 Å². The highest BCUT2D eigenvalue weighted by atomic mass is 16.4. The zero-order chi connectivity index (χ0) is 17.6. The van der Waals surface area contributed by atoms with Crippen molar-refractivity contribution in [3.63, 3.8) is 0 Å². The Balaban J connectivity index is 1.98. The molecule has 2 fully saturated rings. The van der Waals surface area contributed by atoms with E-state index < -0.39 is 17.3 Å². The lowest BCUT2D eigenvalue weighted by atomic mass is 9.75. The van der Waals surface area contributed by atoms with E-state index in [1.54, 1.807) is 0 Å². The average Bonchev–Trinajstić information content (AvgIpc) is 3.05. The summed E-state index contributed by atoms with van der Waals surface area (Å²) in [5.41, 5.74) is -0.480. The molecule has 1 atom stereocenters. The van der Waals surface area contributed by atoms with Gasteiger partial charge >= 0.3 is 5.97 Å². The predicted molar refractivity (Wildman–Crippen MR) is 92.5 cm³/mol. The quantitative estimate of drug-likeness (QED) is 0.634. The number of rotatable bonds is 8. The number of aliphatic hydroxyl groups is 1. The first-order valence-electron chi connectivity index (χ1n) is 9.65. The molecule has 0 aromatic carbocycles. The van der Waals surface area contributed by atoms with Gasteiger partial charge in [0.2, 0.25) is 5.91 Å². The minimum atomic E-state index is -0.764. The van der Waals surface area contributed by atoms with Gasteiger partial charge in [0, 0.05) is 12.6 Å². The molecule has 0 aromatic heterocycles. The zero-order valence-corrected chi connectivity index (χ0v) is 14.9. The minimum Gasteiger partial charge on any atom is -0.481 e. The average molecular weight is 339 g/mol. The number of hydrogen-bond acceptors (Lipinski definition) is 3. The molecule has 3 N–H and O–H groups in total. The number of carbonyl (C=O) groups excluding carboxylic acids is 1. The summed E-state index contributed by atoms with van der Waals surface area (Å²) in [5, 5.41) is 21.9. The van der Waals surface area contributed by atoms with E-state index in [2.05, 4.69) is 5.32 Å². The highest BCUT2D eigenvalue weighted by Crippen LogP contribution is 2.44. The smallest absolute Gasteiger partial charge is 0.306 e. The van der Waals surface area contributed by atoms with Crippen molar-refractivity contribution in [2.45, 2.75) is 83.6 Å². The molecule has 0 heterocycles. The molecule has 0 bridgehead atoms. The van der Waals surface area contributed by atoms with E-state index in [9.17, 15) is 19.8 Å². The lowest BCUT2D eigenvalue weighted by molar-refractivity contribution is -0.144. The Morgan fingerprint density at radius 3 is 2.29 bits per heavy atom. The molecule has 0 radical (unpaired) electrons. The molecule has 1 amide bonds. The van der Waals surface area contributed by atoms with Gasteiger partial charge in [-0.3, -0.25) is 9.59 Å². The van der Waals surface area contributed by atoms with Crippen molar-refractivity contribution in [3.05, 3.63) is 0 Å². The molecule has 5 nitrogen and oxygen atoms in total. The van der Waals surface area contributed by atoms with E-state index in [1.165, 1.54) is 0 Å². The van der Waals surface area contributed by atoms with Crippen LogP contribution in [-0.2, 0) is 9.59 Å². The summed E-state index contributed by atoms with van der Waals surface area (Å²) in [6, 6.07) is 0.187. The van der Waals surface area contributed by atoms with E-state index in [4.69, 9.17) is 0 Å². The third kappa shape index (κ3) is 4.71. The normalized spacial score (nSPS) is 27.6. The molecule has 2 saturated carbocycles. The second kappa shape index (κ2) is 8.84. The minimum absolute atomic E-state index is 0.0785. The van der Waals surface area contributed by atoms with Crippen LogP contribution in [0.1, 0.15) is 77.6 Å². The van der Waals surface area contributed by atoms with E-state index in [-0.39, 0.29) is 18.6 Å². The van der Waals surface area contributed by atoms with Crippen molar-refractivity contribution >= 4 is 11.9 Å². The first-order chi connectivity index (χ1) is 11.5. The number of carboxylic acid groups (broad SMARTS) is 1. The maximum Gasteiger partial charge on any atom is 0.306 e. The van der Waals surface area contributed by atoms with Crippen LogP contribution in [0.15, 0.2) is 0 Å². The standard InChI is InChI=1S/C19H33NO4/c1-2-5-15(17(22)23)12-19(10-3-4-11-19)18(24)20-16-8-6-14(13-21)7-9-16/h14-16,21H,2-13H2,1H3,(H,20,24)(H,22,23)/t14-,15?,16+. The van der Waals surface area contributed by atoms with Crippen LogP contribution in [0, 0.1) is 17.3 Å². The molecule has 0 aromatic rings. The summed E-state index contributed by atoms with van der Waals surface area (Å²) in [5.74, 6) is -0.724. The van der Waals surface area contributed by atoms with Crippen molar-refractivity contribution in [1.29, 1.82) is 0 Å². The number of hydrogen-bond donors (Lipinski definition) is 3. The second-order valence-corrected chi connectivity index (χ2v) is 7.89. The molecule has 2 aliphatic rings. The van der Waals surface area contributed by atoms with Crippen LogP contribution in [0.25, 0.3) is 0 Å². The van der Waals surface area contributed by atoms with Crippen LogP contribution in [0.2, 0.25) is 0 Å². The highest BCUT2D eigenvalue weighted by Gasteiger charge is 2.44. The van der Waals surface area contributed by atoms with E-state index in [0.29, 0.717) is 18.8 Å². The summed E-state index contributed by atoms with van der Waals surface area (Å²) >= 11 is 0. The summed E-state index contributed by atoms with van der Waals surface area (Å²) in [7, 11) is 0. The van der Waals surface area contributed by atoms with Crippen LogP contribution in [0.5, 0.6) is 0 Å². The monoisotopic (exact) mass is 339 g/mol. The lowest BCUT2D eigenvalue weighted by Crippen LogP contribution is -2.47. The van der Waals surface area contributed by atoms with Gasteiger partial charge in [-0.05, 0) is 57.3 Å². The van der Waals surface area contributed by atoms with Gasteiger partial charge in [0.15, 0.2) is 0 Å². The van der Waals surface area contributed by atoms with Gasteiger partial charge in [0.05, 0.1) is 11.3 Å². The van der Waals surface area contributed by atoms with Crippen molar-refractivity contribution in [2.75, 3.05) is 6.61 Å². The first-order valence-corrected chi connectivity index (χ1v) is 9.65. The maximum atomic E-state index is 13.0. The molecule has 138 valence electrons. The SMILES string of the molecule is CCCC(CC1(C(=O)N[C@H]2CC[C@@H](CO)CC2)CCCC1)C(=O)O. The number of aliphatic carboxylic acids is 1. The fraction of sp³-hybridized carbons (Fsp3) is 0.895. The number of aliphatic hydroxyl groups excluding tert-OH is 1. The van der Waals surface area contributed by atoms with E-state index in [0.717, 1.165) is 57.8 Å². The predicted octanol–water partition coefficient (Wildman–Crippen LogP) is 3.11. The van der Waals surface area contributed by atoms with Crippen molar-refractivity contribution in [3.8, 4) is 0 Å². The number of amides is 1. The van der Waals surface area contributed by atoms with Gasteiger partial charge < -0.3 is 15.5 Å². The molecule has 1 unspecified atom stereocenters. The molecule has 0 spiro atoms. The summed E-state index contributed by atoms with van der Waals surface area (Å²) in [6.45, 7) is 2.23. The Hall–Kier alpha value is -1.10. The van der Waals surface area contributed by atoms with Gasteiger partial charge in [-0.15, -0.1) is 0 Å². The van der Waals surface area contributed by atoms with Crippen molar-refractivity contribution in [1.82, 2.24) is 5.32 Å². The molecule has 5 heteroatoms. The summed E-state index contributed by atoms with van der Waals surface area (Å²) in [6.07, 6.45) is 9.39. The molecule has 24 heavy (non-hydrogen) atoms.